The van der Waals surface area contributed by atoms with Crippen LogP contribution >= 0.6 is 11.6 Å². The molecule has 100 valence electrons. The Kier molecular flexibility index (Phi) is 4.13. The third-order valence-corrected chi connectivity index (χ3v) is 4.52. The van der Waals surface area contributed by atoms with Crippen molar-refractivity contribution in [1.29, 1.82) is 0 Å². The predicted molar refractivity (Wildman–Crippen MR) is 77.0 cm³/mol. The van der Waals surface area contributed by atoms with E-state index in [2.05, 4.69) is 23.7 Å². The summed E-state index contributed by atoms with van der Waals surface area (Å²) in [6, 6.07) is 1.93. The van der Waals surface area contributed by atoms with Gasteiger partial charge in [-0.05, 0) is 29.9 Å². The SMILES string of the molecule is CCC1(C)CCN(c2ncc(CN)cc2Cl)CC1. The maximum absolute atomic E-state index is 6.29. The third kappa shape index (κ3) is 2.78. The Morgan fingerprint density at radius 1 is 1.44 bits per heavy atom. The van der Waals surface area contributed by atoms with Gasteiger partial charge < -0.3 is 10.6 Å². The molecule has 0 unspecified atom stereocenters. The van der Waals surface area contributed by atoms with Gasteiger partial charge in [0.1, 0.15) is 5.82 Å². The molecule has 1 fully saturated rings. The maximum atomic E-state index is 6.29. The molecule has 1 aliphatic rings. The normalized spacial score (nSPS) is 19.0. The van der Waals surface area contributed by atoms with Gasteiger partial charge in [-0.2, -0.15) is 0 Å². The molecule has 0 aliphatic carbocycles. The lowest BCUT2D eigenvalue weighted by atomic mass is 9.78. The first-order valence-electron chi connectivity index (χ1n) is 6.67. The van der Waals surface area contributed by atoms with Crippen LogP contribution in [-0.2, 0) is 6.54 Å². The Morgan fingerprint density at radius 2 is 2.11 bits per heavy atom. The summed E-state index contributed by atoms with van der Waals surface area (Å²) in [5.41, 5.74) is 7.06. The van der Waals surface area contributed by atoms with Crippen LogP contribution < -0.4 is 10.6 Å². The van der Waals surface area contributed by atoms with E-state index < -0.39 is 0 Å². The average molecular weight is 268 g/mol. The van der Waals surface area contributed by atoms with E-state index in [9.17, 15) is 0 Å². The van der Waals surface area contributed by atoms with Crippen molar-refractivity contribution in [2.45, 2.75) is 39.7 Å². The second-order valence-corrected chi connectivity index (χ2v) is 5.91. The average Bonchev–Trinajstić information content (AvgIpc) is 2.40. The molecule has 0 radical (unpaired) electrons. The van der Waals surface area contributed by atoms with Crippen LogP contribution in [-0.4, -0.2) is 18.1 Å². The van der Waals surface area contributed by atoms with E-state index >= 15 is 0 Å². The second kappa shape index (κ2) is 5.45. The minimum Gasteiger partial charge on any atom is -0.355 e. The molecule has 0 bridgehead atoms. The molecule has 0 saturated carbocycles. The molecule has 2 N–H and O–H groups in total. The van der Waals surface area contributed by atoms with Crippen molar-refractivity contribution in [2.75, 3.05) is 18.0 Å². The zero-order valence-electron chi connectivity index (χ0n) is 11.2. The molecule has 18 heavy (non-hydrogen) atoms. The molecule has 0 atom stereocenters. The molecule has 1 aromatic heterocycles. The summed E-state index contributed by atoms with van der Waals surface area (Å²) in [6.07, 6.45) is 5.49. The molecule has 2 heterocycles. The van der Waals surface area contributed by atoms with Gasteiger partial charge in [0.05, 0.1) is 5.02 Å². The Hall–Kier alpha value is -0.800. The standard InChI is InChI=1S/C14H22ClN3/c1-3-14(2)4-6-18(7-5-14)13-12(15)8-11(9-16)10-17-13/h8,10H,3-7,9,16H2,1-2H3. The van der Waals surface area contributed by atoms with Crippen molar-refractivity contribution in [2.24, 2.45) is 11.1 Å². The monoisotopic (exact) mass is 267 g/mol. The summed E-state index contributed by atoms with van der Waals surface area (Å²) in [4.78, 5) is 6.75. The van der Waals surface area contributed by atoms with Crippen LogP contribution in [0.25, 0.3) is 0 Å². The highest BCUT2D eigenvalue weighted by molar-refractivity contribution is 6.33. The lowest BCUT2D eigenvalue weighted by Crippen LogP contribution is -2.39. The third-order valence-electron chi connectivity index (χ3n) is 4.24. The van der Waals surface area contributed by atoms with E-state index in [-0.39, 0.29) is 0 Å². The van der Waals surface area contributed by atoms with Gasteiger partial charge in [-0.1, -0.05) is 31.9 Å². The molecule has 0 amide bonds. The number of halogens is 1. The molecule has 1 aliphatic heterocycles. The second-order valence-electron chi connectivity index (χ2n) is 5.50. The van der Waals surface area contributed by atoms with Crippen molar-refractivity contribution in [3.8, 4) is 0 Å². The predicted octanol–water partition coefficient (Wildman–Crippen LogP) is 3.21. The number of nitrogens with two attached hydrogens (primary N) is 1. The van der Waals surface area contributed by atoms with Gasteiger partial charge in [-0.15, -0.1) is 0 Å². The van der Waals surface area contributed by atoms with Gasteiger partial charge in [0.15, 0.2) is 0 Å². The van der Waals surface area contributed by atoms with Crippen molar-refractivity contribution in [3.05, 3.63) is 22.8 Å². The van der Waals surface area contributed by atoms with Crippen LogP contribution in [0.3, 0.4) is 0 Å². The van der Waals surface area contributed by atoms with Gasteiger partial charge >= 0.3 is 0 Å². The van der Waals surface area contributed by atoms with Crippen LogP contribution in [0.15, 0.2) is 12.3 Å². The Labute approximate surface area is 114 Å². The van der Waals surface area contributed by atoms with Crippen LogP contribution in [0.5, 0.6) is 0 Å². The number of hydrogen-bond acceptors (Lipinski definition) is 3. The molecular weight excluding hydrogens is 246 g/mol. The molecule has 2 rings (SSSR count). The number of pyridine rings is 1. The van der Waals surface area contributed by atoms with E-state index in [1.54, 1.807) is 0 Å². The first-order valence-corrected chi connectivity index (χ1v) is 7.05. The first kappa shape index (κ1) is 13.6. The lowest BCUT2D eigenvalue weighted by molar-refractivity contribution is 0.238. The first-order chi connectivity index (χ1) is 8.58. The fourth-order valence-corrected chi connectivity index (χ4v) is 2.74. The van der Waals surface area contributed by atoms with Crippen molar-refractivity contribution >= 4 is 17.4 Å². The largest absolute Gasteiger partial charge is 0.355 e. The smallest absolute Gasteiger partial charge is 0.147 e. The van der Waals surface area contributed by atoms with Crippen LogP contribution in [0.2, 0.25) is 5.02 Å². The number of anilines is 1. The minimum absolute atomic E-state index is 0.486. The number of aromatic nitrogens is 1. The van der Waals surface area contributed by atoms with Crippen molar-refractivity contribution < 1.29 is 0 Å². The number of nitrogens with zero attached hydrogens (tertiary/aromatic N) is 2. The number of rotatable bonds is 3. The number of piperidine rings is 1. The van der Waals surface area contributed by atoms with Crippen molar-refractivity contribution in [3.63, 3.8) is 0 Å². The summed E-state index contributed by atoms with van der Waals surface area (Å²) in [5.74, 6) is 0.909. The molecule has 0 spiro atoms. The van der Waals surface area contributed by atoms with Crippen LogP contribution in [0, 0.1) is 5.41 Å². The van der Waals surface area contributed by atoms with Gasteiger partial charge in [-0.25, -0.2) is 4.98 Å². The Morgan fingerprint density at radius 3 is 2.61 bits per heavy atom. The molecule has 0 aromatic carbocycles. The zero-order valence-corrected chi connectivity index (χ0v) is 12.0. The highest BCUT2D eigenvalue weighted by Gasteiger charge is 2.29. The zero-order chi connectivity index (χ0) is 13.2. The molecule has 4 heteroatoms. The summed E-state index contributed by atoms with van der Waals surface area (Å²) < 4.78 is 0. The fourth-order valence-electron chi connectivity index (χ4n) is 2.43. The fraction of sp³-hybridized carbons (Fsp3) is 0.643. The minimum atomic E-state index is 0.486. The lowest BCUT2D eigenvalue weighted by Gasteiger charge is -2.39. The Balaban J connectivity index is 2.10. The summed E-state index contributed by atoms with van der Waals surface area (Å²) in [7, 11) is 0. The maximum Gasteiger partial charge on any atom is 0.147 e. The van der Waals surface area contributed by atoms with Gasteiger partial charge in [0.25, 0.3) is 0 Å². The summed E-state index contributed by atoms with van der Waals surface area (Å²) in [5, 5.41) is 0.720. The molecule has 1 aromatic rings. The van der Waals surface area contributed by atoms with Crippen LogP contribution in [0.1, 0.15) is 38.7 Å². The Bertz CT molecular complexity index is 412. The van der Waals surface area contributed by atoms with E-state index in [0.717, 1.165) is 29.5 Å². The van der Waals surface area contributed by atoms with Gasteiger partial charge in [0.2, 0.25) is 0 Å². The van der Waals surface area contributed by atoms with Gasteiger partial charge in [0, 0.05) is 25.8 Å². The van der Waals surface area contributed by atoms with E-state index in [4.69, 9.17) is 17.3 Å². The highest BCUT2D eigenvalue weighted by Crippen LogP contribution is 2.36. The summed E-state index contributed by atoms with van der Waals surface area (Å²) >= 11 is 6.29. The quantitative estimate of drug-likeness (QED) is 0.914. The molecule has 1 saturated heterocycles. The topological polar surface area (TPSA) is 42.2 Å². The highest BCUT2D eigenvalue weighted by atomic mass is 35.5. The number of hydrogen-bond donors (Lipinski definition) is 1. The van der Waals surface area contributed by atoms with Gasteiger partial charge in [-0.3, -0.25) is 0 Å². The van der Waals surface area contributed by atoms with E-state index in [0.29, 0.717) is 12.0 Å². The van der Waals surface area contributed by atoms with Crippen molar-refractivity contribution in [1.82, 2.24) is 4.98 Å². The van der Waals surface area contributed by atoms with Crippen LogP contribution in [0.4, 0.5) is 5.82 Å². The molecule has 3 nitrogen and oxygen atoms in total. The summed E-state index contributed by atoms with van der Waals surface area (Å²) in [6.45, 7) is 7.22. The molecular formula is C14H22ClN3. The van der Waals surface area contributed by atoms with E-state index in [1.165, 1.54) is 19.3 Å². The van der Waals surface area contributed by atoms with E-state index in [1.807, 2.05) is 12.3 Å².